The number of aliphatic hydroxyl groups is 2. The van der Waals surface area contributed by atoms with Gasteiger partial charge in [-0.2, -0.15) is 0 Å². The van der Waals surface area contributed by atoms with E-state index in [-0.39, 0.29) is 30.2 Å². The SMILES string of the molecule is COC(=O)CCC/C=C\C[C@@H]1[C@@H](/C=C/[C@H](Cc2ccccc2)OC2CCCCO2)[C@H](O)C[C@@H]1O. The van der Waals surface area contributed by atoms with Gasteiger partial charge in [-0.3, -0.25) is 4.79 Å². The first-order valence-electron chi connectivity index (χ1n) is 12.6. The standard InChI is InChI=1S/C28H40O6/c1-32-27(31)14-8-3-2-7-13-23-24(26(30)20-25(23)29)17-16-22(19-21-11-5-4-6-12-21)34-28-15-9-10-18-33-28/h2,4-7,11-12,16-17,22-26,28-30H,3,8-10,13-15,18-20H2,1H3/b7-2-,17-16+/t22-,23-,24-,25+,26-,28?/m1/s1. The van der Waals surface area contributed by atoms with E-state index in [9.17, 15) is 15.0 Å². The number of carbonyl (C=O) groups excluding carboxylic acids is 1. The van der Waals surface area contributed by atoms with Crippen LogP contribution in [-0.2, 0) is 25.4 Å². The largest absolute Gasteiger partial charge is 0.469 e. The molecule has 0 bridgehead atoms. The van der Waals surface area contributed by atoms with Crippen molar-refractivity contribution >= 4 is 5.97 Å². The first kappa shape index (κ1) is 26.6. The summed E-state index contributed by atoms with van der Waals surface area (Å²) in [6.07, 6.45) is 13.5. The fourth-order valence-corrected chi connectivity index (χ4v) is 4.82. The summed E-state index contributed by atoms with van der Waals surface area (Å²) in [6.45, 7) is 0.730. The quantitative estimate of drug-likeness (QED) is 0.267. The average molecular weight is 473 g/mol. The minimum atomic E-state index is -0.577. The lowest BCUT2D eigenvalue weighted by Crippen LogP contribution is -2.28. The van der Waals surface area contributed by atoms with Crippen LogP contribution in [0.1, 0.15) is 56.9 Å². The van der Waals surface area contributed by atoms with Crippen LogP contribution in [0, 0.1) is 11.8 Å². The molecule has 188 valence electrons. The molecule has 1 unspecified atom stereocenters. The van der Waals surface area contributed by atoms with Crippen LogP contribution >= 0.6 is 0 Å². The normalized spacial score (nSPS) is 28.5. The van der Waals surface area contributed by atoms with Crippen molar-refractivity contribution in [1.29, 1.82) is 0 Å². The van der Waals surface area contributed by atoms with E-state index in [1.807, 2.05) is 36.4 Å². The van der Waals surface area contributed by atoms with E-state index in [4.69, 9.17) is 9.47 Å². The highest BCUT2D eigenvalue weighted by Gasteiger charge is 2.39. The molecule has 1 heterocycles. The predicted molar refractivity (Wildman–Crippen MR) is 131 cm³/mol. The van der Waals surface area contributed by atoms with Gasteiger partial charge in [-0.15, -0.1) is 0 Å². The third kappa shape index (κ3) is 8.66. The second-order valence-corrected chi connectivity index (χ2v) is 9.33. The molecule has 1 saturated carbocycles. The summed E-state index contributed by atoms with van der Waals surface area (Å²) < 4.78 is 16.8. The summed E-state index contributed by atoms with van der Waals surface area (Å²) in [5.41, 5.74) is 1.19. The molecule has 0 aromatic heterocycles. The number of hydrogen-bond donors (Lipinski definition) is 2. The average Bonchev–Trinajstić information content (AvgIpc) is 3.12. The smallest absolute Gasteiger partial charge is 0.305 e. The lowest BCUT2D eigenvalue weighted by Gasteiger charge is -2.27. The third-order valence-corrected chi connectivity index (χ3v) is 6.76. The topological polar surface area (TPSA) is 85.2 Å². The van der Waals surface area contributed by atoms with E-state index in [1.165, 1.54) is 12.7 Å². The van der Waals surface area contributed by atoms with E-state index in [1.54, 1.807) is 0 Å². The fraction of sp³-hybridized carbons (Fsp3) is 0.607. The summed E-state index contributed by atoms with van der Waals surface area (Å²) in [5.74, 6) is -0.380. The zero-order valence-corrected chi connectivity index (χ0v) is 20.3. The number of hydrogen-bond acceptors (Lipinski definition) is 6. The molecule has 6 nitrogen and oxygen atoms in total. The van der Waals surface area contributed by atoms with E-state index in [2.05, 4.69) is 22.9 Å². The minimum absolute atomic E-state index is 0.0496. The molecule has 6 atom stereocenters. The van der Waals surface area contributed by atoms with Gasteiger partial charge >= 0.3 is 5.97 Å². The Bertz CT molecular complexity index is 770. The van der Waals surface area contributed by atoms with Gasteiger partial charge in [0.2, 0.25) is 0 Å². The van der Waals surface area contributed by atoms with Crippen molar-refractivity contribution in [3.05, 3.63) is 60.2 Å². The van der Waals surface area contributed by atoms with Gasteiger partial charge in [-0.25, -0.2) is 0 Å². The van der Waals surface area contributed by atoms with Crippen LogP contribution in [0.15, 0.2) is 54.6 Å². The molecule has 2 fully saturated rings. The fourth-order valence-electron chi connectivity index (χ4n) is 4.82. The Hall–Kier alpha value is -1.99. The van der Waals surface area contributed by atoms with E-state index >= 15 is 0 Å². The van der Waals surface area contributed by atoms with Gasteiger partial charge in [0.05, 0.1) is 25.4 Å². The molecule has 1 aromatic carbocycles. The molecule has 1 aliphatic heterocycles. The molecule has 34 heavy (non-hydrogen) atoms. The number of carbonyl (C=O) groups is 1. The number of benzene rings is 1. The second-order valence-electron chi connectivity index (χ2n) is 9.33. The van der Waals surface area contributed by atoms with Crippen LogP contribution in [0.25, 0.3) is 0 Å². The Labute approximate surface area is 203 Å². The number of methoxy groups -OCH3 is 1. The summed E-state index contributed by atoms with van der Waals surface area (Å²) in [5, 5.41) is 21.2. The lowest BCUT2D eigenvalue weighted by molar-refractivity contribution is -0.178. The Morgan fingerprint density at radius 2 is 2.00 bits per heavy atom. The number of esters is 1. The van der Waals surface area contributed by atoms with Crippen LogP contribution in [0.4, 0.5) is 0 Å². The third-order valence-electron chi connectivity index (χ3n) is 6.76. The molecular weight excluding hydrogens is 432 g/mol. The van der Waals surface area contributed by atoms with Crippen molar-refractivity contribution in [1.82, 2.24) is 0 Å². The van der Waals surface area contributed by atoms with E-state index in [0.29, 0.717) is 19.3 Å². The summed E-state index contributed by atoms with van der Waals surface area (Å²) in [7, 11) is 1.40. The number of ether oxygens (including phenoxy) is 3. The van der Waals surface area contributed by atoms with Crippen molar-refractivity contribution in [2.24, 2.45) is 11.8 Å². The Morgan fingerprint density at radius 1 is 1.18 bits per heavy atom. The summed E-state index contributed by atoms with van der Waals surface area (Å²) in [6, 6.07) is 10.2. The highest BCUT2D eigenvalue weighted by atomic mass is 16.7. The first-order chi connectivity index (χ1) is 16.6. The molecular formula is C28H40O6. The van der Waals surface area contributed by atoms with Gasteiger partial charge in [0.15, 0.2) is 6.29 Å². The van der Waals surface area contributed by atoms with Crippen molar-refractivity contribution in [3.63, 3.8) is 0 Å². The molecule has 0 amide bonds. The van der Waals surface area contributed by atoms with Gasteiger partial charge in [0.1, 0.15) is 0 Å². The predicted octanol–water partition coefficient (Wildman–Crippen LogP) is 4.34. The van der Waals surface area contributed by atoms with Gasteiger partial charge in [-0.1, -0.05) is 54.6 Å². The van der Waals surface area contributed by atoms with Crippen molar-refractivity contribution in [2.45, 2.75) is 82.4 Å². The maximum Gasteiger partial charge on any atom is 0.305 e. The van der Waals surface area contributed by atoms with Gasteiger partial charge in [-0.05, 0) is 50.0 Å². The van der Waals surface area contributed by atoms with Crippen LogP contribution < -0.4 is 0 Å². The molecule has 0 spiro atoms. The van der Waals surface area contributed by atoms with Crippen LogP contribution in [0.2, 0.25) is 0 Å². The number of unbranched alkanes of at least 4 members (excludes halogenated alkanes) is 1. The number of rotatable bonds is 12. The number of allylic oxidation sites excluding steroid dienone is 2. The van der Waals surface area contributed by atoms with Crippen molar-refractivity contribution < 1.29 is 29.2 Å². The maximum absolute atomic E-state index is 11.2. The van der Waals surface area contributed by atoms with E-state index in [0.717, 1.165) is 45.1 Å². The summed E-state index contributed by atoms with van der Waals surface area (Å²) in [4.78, 5) is 11.2. The Morgan fingerprint density at radius 3 is 2.74 bits per heavy atom. The van der Waals surface area contributed by atoms with E-state index < -0.39 is 12.2 Å². The Balaban J connectivity index is 1.60. The van der Waals surface area contributed by atoms with Gasteiger partial charge in [0.25, 0.3) is 0 Å². The molecule has 0 radical (unpaired) electrons. The van der Waals surface area contributed by atoms with Crippen LogP contribution in [-0.4, -0.2) is 54.5 Å². The summed E-state index contributed by atoms with van der Waals surface area (Å²) >= 11 is 0. The molecule has 3 rings (SSSR count). The highest BCUT2D eigenvalue weighted by molar-refractivity contribution is 5.69. The zero-order chi connectivity index (χ0) is 24.2. The maximum atomic E-state index is 11.2. The minimum Gasteiger partial charge on any atom is -0.469 e. The molecule has 1 saturated heterocycles. The second kappa shape index (κ2) is 14.4. The van der Waals surface area contributed by atoms with Gasteiger partial charge in [0, 0.05) is 31.8 Å². The van der Waals surface area contributed by atoms with Crippen LogP contribution in [0.3, 0.4) is 0 Å². The highest BCUT2D eigenvalue weighted by Crippen LogP contribution is 2.36. The van der Waals surface area contributed by atoms with Crippen LogP contribution in [0.5, 0.6) is 0 Å². The monoisotopic (exact) mass is 472 g/mol. The number of aliphatic hydroxyl groups excluding tert-OH is 2. The van der Waals surface area contributed by atoms with Crippen molar-refractivity contribution in [2.75, 3.05) is 13.7 Å². The first-order valence-corrected chi connectivity index (χ1v) is 12.6. The molecule has 2 N–H and O–H groups in total. The Kier molecular flexibility index (Phi) is 11.3. The lowest BCUT2D eigenvalue weighted by atomic mass is 9.89. The molecule has 1 aliphatic carbocycles. The molecule has 1 aromatic rings. The zero-order valence-electron chi connectivity index (χ0n) is 20.3. The van der Waals surface area contributed by atoms with Gasteiger partial charge < -0.3 is 24.4 Å². The molecule has 2 aliphatic rings. The van der Waals surface area contributed by atoms with Crippen molar-refractivity contribution in [3.8, 4) is 0 Å². The molecule has 6 heteroatoms.